The van der Waals surface area contributed by atoms with Gasteiger partial charge in [-0.3, -0.25) is 0 Å². The van der Waals surface area contributed by atoms with Crippen LogP contribution in [0, 0.1) is 0 Å². The minimum absolute atomic E-state index is 0.405. The molecular formula is C17H20ClNO. The lowest BCUT2D eigenvalue weighted by molar-refractivity contribution is 0.296. The molecule has 0 aliphatic rings. The van der Waals surface area contributed by atoms with Crippen LogP contribution in [0.25, 0.3) is 0 Å². The normalized spacial score (nSPS) is 12.1. The molecule has 0 radical (unpaired) electrons. The summed E-state index contributed by atoms with van der Waals surface area (Å²) < 4.78 is 5.77. The van der Waals surface area contributed by atoms with Crippen LogP contribution >= 0.6 is 11.6 Å². The van der Waals surface area contributed by atoms with Gasteiger partial charge in [-0.2, -0.15) is 0 Å². The highest BCUT2D eigenvalue weighted by molar-refractivity contribution is 6.30. The van der Waals surface area contributed by atoms with Crippen LogP contribution in [0.15, 0.2) is 54.6 Å². The third-order valence-electron chi connectivity index (χ3n) is 3.25. The van der Waals surface area contributed by atoms with Gasteiger partial charge in [-0.15, -0.1) is 0 Å². The Hall–Kier alpha value is -1.51. The fourth-order valence-electron chi connectivity index (χ4n) is 2.23. The molecule has 0 saturated heterocycles. The first kappa shape index (κ1) is 14.9. The van der Waals surface area contributed by atoms with E-state index in [1.165, 1.54) is 5.56 Å². The summed E-state index contributed by atoms with van der Waals surface area (Å²) in [5.41, 5.74) is 1.25. The fraction of sp³-hybridized carbons (Fsp3) is 0.294. The summed E-state index contributed by atoms with van der Waals surface area (Å²) in [6.45, 7) is 1.61. The van der Waals surface area contributed by atoms with Gasteiger partial charge in [0.25, 0.3) is 0 Å². The molecule has 0 amide bonds. The lowest BCUT2D eigenvalue weighted by Crippen LogP contribution is -2.19. The van der Waals surface area contributed by atoms with Crippen LogP contribution in [0.2, 0.25) is 5.02 Å². The number of para-hydroxylation sites is 1. The van der Waals surface area contributed by atoms with E-state index in [4.69, 9.17) is 16.3 Å². The van der Waals surface area contributed by atoms with Gasteiger partial charge in [0.15, 0.2) is 0 Å². The van der Waals surface area contributed by atoms with Gasteiger partial charge in [-0.1, -0.05) is 41.9 Å². The van der Waals surface area contributed by atoms with Crippen molar-refractivity contribution in [3.8, 4) is 5.75 Å². The molecule has 0 aliphatic carbocycles. The largest absolute Gasteiger partial charge is 0.494 e. The Morgan fingerprint density at radius 3 is 2.60 bits per heavy atom. The van der Waals surface area contributed by atoms with Gasteiger partial charge in [0.1, 0.15) is 5.75 Å². The van der Waals surface area contributed by atoms with Gasteiger partial charge in [0.05, 0.1) is 6.61 Å². The van der Waals surface area contributed by atoms with Crippen molar-refractivity contribution in [1.29, 1.82) is 0 Å². The van der Waals surface area contributed by atoms with Crippen molar-refractivity contribution in [1.82, 2.24) is 5.32 Å². The van der Waals surface area contributed by atoms with Crippen LogP contribution in [-0.4, -0.2) is 20.2 Å². The molecule has 2 aromatic rings. The van der Waals surface area contributed by atoms with Crippen LogP contribution in [0.4, 0.5) is 0 Å². The number of nitrogens with one attached hydrogen (secondary N) is 1. The summed E-state index contributed by atoms with van der Waals surface area (Å²) in [7, 11) is 1.97. The maximum Gasteiger partial charge on any atom is 0.119 e. The number of benzene rings is 2. The van der Waals surface area contributed by atoms with E-state index in [1.54, 1.807) is 0 Å². The number of rotatable bonds is 7. The van der Waals surface area contributed by atoms with Gasteiger partial charge < -0.3 is 10.1 Å². The summed E-state index contributed by atoms with van der Waals surface area (Å²) in [5.74, 6) is 1.32. The molecule has 0 heterocycles. The summed E-state index contributed by atoms with van der Waals surface area (Å²) in [4.78, 5) is 0. The highest BCUT2D eigenvalue weighted by atomic mass is 35.5. The molecule has 20 heavy (non-hydrogen) atoms. The van der Waals surface area contributed by atoms with Crippen LogP contribution in [0.1, 0.15) is 17.9 Å². The molecule has 3 heteroatoms. The van der Waals surface area contributed by atoms with Gasteiger partial charge in [0, 0.05) is 11.6 Å². The second-order valence-electron chi connectivity index (χ2n) is 4.76. The summed E-state index contributed by atoms with van der Waals surface area (Å²) in [6, 6.07) is 18.0. The molecule has 2 rings (SSSR count). The fourth-order valence-corrected chi connectivity index (χ4v) is 2.43. The molecule has 0 fully saturated rings. The Kier molecular flexibility index (Phi) is 5.90. The van der Waals surface area contributed by atoms with Crippen molar-refractivity contribution >= 4 is 11.6 Å². The van der Waals surface area contributed by atoms with Crippen molar-refractivity contribution in [3.63, 3.8) is 0 Å². The van der Waals surface area contributed by atoms with Gasteiger partial charge >= 0.3 is 0 Å². The maximum atomic E-state index is 6.07. The Balaban J connectivity index is 1.92. The van der Waals surface area contributed by atoms with Crippen LogP contribution in [0.3, 0.4) is 0 Å². The first-order valence-electron chi connectivity index (χ1n) is 6.87. The molecule has 1 atom stereocenters. The molecule has 0 spiro atoms. The van der Waals surface area contributed by atoms with E-state index in [1.807, 2.05) is 55.6 Å². The third kappa shape index (κ3) is 4.55. The highest BCUT2D eigenvalue weighted by Crippen LogP contribution is 2.22. The molecule has 1 N–H and O–H groups in total. The van der Waals surface area contributed by atoms with E-state index in [0.717, 1.165) is 23.7 Å². The van der Waals surface area contributed by atoms with Crippen LogP contribution in [0.5, 0.6) is 5.75 Å². The topological polar surface area (TPSA) is 21.3 Å². The number of halogens is 1. The van der Waals surface area contributed by atoms with E-state index in [0.29, 0.717) is 12.5 Å². The highest BCUT2D eigenvalue weighted by Gasteiger charge is 2.11. The number of likely N-dealkylation sites (N-methyl/N-ethyl adjacent to an activating group) is 1. The predicted octanol–water partition coefficient (Wildman–Crippen LogP) is 4.11. The van der Waals surface area contributed by atoms with E-state index in [2.05, 4.69) is 11.4 Å². The molecule has 0 bridgehead atoms. The van der Waals surface area contributed by atoms with Gasteiger partial charge in [-0.25, -0.2) is 0 Å². The van der Waals surface area contributed by atoms with Crippen LogP contribution < -0.4 is 10.1 Å². The zero-order valence-electron chi connectivity index (χ0n) is 11.7. The van der Waals surface area contributed by atoms with Crippen molar-refractivity contribution < 1.29 is 4.74 Å². The van der Waals surface area contributed by atoms with Crippen molar-refractivity contribution in [2.24, 2.45) is 0 Å². The lowest BCUT2D eigenvalue weighted by atomic mass is 9.96. The second-order valence-corrected chi connectivity index (χ2v) is 5.20. The average Bonchev–Trinajstić information content (AvgIpc) is 2.47. The zero-order valence-corrected chi connectivity index (χ0v) is 12.4. The number of hydrogen-bond donors (Lipinski definition) is 1. The van der Waals surface area contributed by atoms with Gasteiger partial charge in [-0.05, 0) is 49.2 Å². The van der Waals surface area contributed by atoms with E-state index < -0.39 is 0 Å². The van der Waals surface area contributed by atoms with Crippen molar-refractivity contribution in [2.45, 2.75) is 12.3 Å². The Morgan fingerprint density at radius 2 is 1.90 bits per heavy atom. The minimum atomic E-state index is 0.405. The first-order chi connectivity index (χ1) is 9.79. The van der Waals surface area contributed by atoms with Crippen LogP contribution in [-0.2, 0) is 0 Å². The monoisotopic (exact) mass is 289 g/mol. The zero-order chi connectivity index (χ0) is 14.2. The average molecular weight is 290 g/mol. The number of hydrogen-bond acceptors (Lipinski definition) is 2. The molecule has 1 unspecified atom stereocenters. The molecule has 2 aromatic carbocycles. The summed E-state index contributed by atoms with van der Waals surface area (Å²) in [5, 5.41) is 4.02. The molecule has 0 saturated carbocycles. The van der Waals surface area contributed by atoms with Crippen molar-refractivity contribution in [3.05, 3.63) is 65.2 Å². The third-order valence-corrected chi connectivity index (χ3v) is 3.48. The lowest BCUT2D eigenvalue weighted by Gasteiger charge is -2.17. The Bertz CT molecular complexity index is 515. The molecule has 0 aromatic heterocycles. The maximum absolute atomic E-state index is 6.07. The second kappa shape index (κ2) is 7.93. The molecule has 0 aliphatic heterocycles. The Morgan fingerprint density at radius 1 is 1.10 bits per heavy atom. The summed E-state index contributed by atoms with van der Waals surface area (Å²) >= 11 is 6.07. The molecule has 2 nitrogen and oxygen atoms in total. The first-order valence-corrected chi connectivity index (χ1v) is 7.25. The molecule has 106 valence electrons. The van der Waals surface area contributed by atoms with E-state index >= 15 is 0 Å². The van der Waals surface area contributed by atoms with Crippen molar-refractivity contribution in [2.75, 3.05) is 20.2 Å². The van der Waals surface area contributed by atoms with Gasteiger partial charge in [0.2, 0.25) is 0 Å². The standard InChI is InChI=1S/C17H20ClNO/c1-19-13-15(14-6-5-7-16(18)12-14)10-11-20-17-8-3-2-4-9-17/h2-9,12,15,19H,10-11,13H2,1H3. The molecular weight excluding hydrogens is 270 g/mol. The smallest absolute Gasteiger partial charge is 0.119 e. The SMILES string of the molecule is CNCC(CCOc1ccccc1)c1cccc(Cl)c1. The quantitative estimate of drug-likeness (QED) is 0.828. The number of ether oxygens (including phenoxy) is 1. The summed E-state index contributed by atoms with van der Waals surface area (Å²) in [6.07, 6.45) is 0.954. The van der Waals surface area contributed by atoms with E-state index in [9.17, 15) is 0 Å². The predicted molar refractivity (Wildman–Crippen MR) is 84.7 cm³/mol. The minimum Gasteiger partial charge on any atom is -0.494 e. The van der Waals surface area contributed by atoms with E-state index in [-0.39, 0.29) is 0 Å². The Labute approximate surface area is 125 Å².